The number of piperidine rings is 1. The van der Waals surface area contributed by atoms with Crippen LogP contribution in [-0.2, 0) is 12.6 Å². The standard InChI is InChI=1S/C20H24F3N3/c21-20(22,23)18-9-4-10-19(25-18)24-17-11-14-26(15-12-17)13-5-8-16-6-2-1-3-7-16/h1-4,6-7,9-10,17H,5,8,11-15H2,(H,24,25). The van der Waals surface area contributed by atoms with Crippen LogP contribution in [0.2, 0.25) is 0 Å². The van der Waals surface area contributed by atoms with Gasteiger partial charge in [-0.2, -0.15) is 13.2 Å². The van der Waals surface area contributed by atoms with Crippen LogP contribution in [0.4, 0.5) is 19.0 Å². The Balaban J connectivity index is 1.41. The Kier molecular flexibility index (Phi) is 6.14. The summed E-state index contributed by atoms with van der Waals surface area (Å²) in [4.78, 5) is 6.12. The van der Waals surface area contributed by atoms with E-state index in [1.807, 2.05) is 6.07 Å². The SMILES string of the molecule is FC(F)(F)c1cccc(NC2CCN(CCCc3ccccc3)CC2)n1. The highest BCUT2D eigenvalue weighted by Gasteiger charge is 2.32. The highest BCUT2D eigenvalue weighted by Crippen LogP contribution is 2.28. The molecule has 1 saturated heterocycles. The number of nitrogens with zero attached hydrogens (tertiary/aromatic N) is 2. The molecule has 1 fully saturated rings. The molecule has 0 amide bonds. The molecule has 0 saturated carbocycles. The average molecular weight is 363 g/mol. The summed E-state index contributed by atoms with van der Waals surface area (Å²) in [6.45, 7) is 2.99. The summed E-state index contributed by atoms with van der Waals surface area (Å²) in [5.41, 5.74) is 0.514. The van der Waals surface area contributed by atoms with E-state index >= 15 is 0 Å². The van der Waals surface area contributed by atoms with Crippen molar-refractivity contribution in [2.75, 3.05) is 25.0 Å². The van der Waals surface area contributed by atoms with E-state index in [9.17, 15) is 13.2 Å². The lowest BCUT2D eigenvalue weighted by molar-refractivity contribution is -0.141. The van der Waals surface area contributed by atoms with Crippen molar-refractivity contribution >= 4 is 5.82 Å². The van der Waals surface area contributed by atoms with E-state index in [0.29, 0.717) is 5.82 Å². The lowest BCUT2D eigenvalue weighted by Crippen LogP contribution is -2.39. The van der Waals surface area contributed by atoms with E-state index in [4.69, 9.17) is 0 Å². The molecule has 0 bridgehead atoms. The smallest absolute Gasteiger partial charge is 0.367 e. The molecule has 6 heteroatoms. The topological polar surface area (TPSA) is 28.2 Å². The number of rotatable bonds is 6. The second-order valence-electron chi connectivity index (χ2n) is 6.76. The molecule has 1 aliphatic rings. The third-order valence-corrected chi connectivity index (χ3v) is 4.76. The zero-order valence-corrected chi connectivity index (χ0v) is 14.7. The van der Waals surface area contributed by atoms with Crippen molar-refractivity contribution in [2.45, 2.75) is 37.9 Å². The summed E-state index contributed by atoms with van der Waals surface area (Å²) in [7, 11) is 0. The molecule has 2 heterocycles. The molecule has 0 spiro atoms. The molecule has 1 aromatic heterocycles. The van der Waals surface area contributed by atoms with Crippen LogP contribution in [0.25, 0.3) is 0 Å². The van der Waals surface area contributed by atoms with Crippen LogP contribution in [-0.4, -0.2) is 35.6 Å². The largest absolute Gasteiger partial charge is 0.433 e. The summed E-state index contributed by atoms with van der Waals surface area (Å²) >= 11 is 0. The van der Waals surface area contributed by atoms with Crippen molar-refractivity contribution in [1.82, 2.24) is 9.88 Å². The Labute approximate surface area is 152 Å². The van der Waals surface area contributed by atoms with E-state index in [0.717, 1.165) is 51.4 Å². The Morgan fingerprint density at radius 3 is 2.42 bits per heavy atom. The first-order valence-electron chi connectivity index (χ1n) is 9.08. The molecular formula is C20H24F3N3. The molecule has 26 heavy (non-hydrogen) atoms. The first-order valence-corrected chi connectivity index (χ1v) is 9.08. The second-order valence-corrected chi connectivity index (χ2v) is 6.76. The Morgan fingerprint density at radius 1 is 1.00 bits per heavy atom. The number of aryl methyl sites for hydroxylation is 1. The van der Waals surface area contributed by atoms with Gasteiger partial charge in [-0.1, -0.05) is 36.4 Å². The van der Waals surface area contributed by atoms with Crippen LogP contribution in [0.3, 0.4) is 0 Å². The van der Waals surface area contributed by atoms with E-state index in [-0.39, 0.29) is 6.04 Å². The zero-order valence-electron chi connectivity index (χ0n) is 14.7. The number of halogens is 3. The summed E-state index contributed by atoms with van der Waals surface area (Å²) in [5.74, 6) is 0.308. The van der Waals surface area contributed by atoms with Gasteiger partial charge in [0.25, 0.3) is 0 Å². The van der Waals surface area contributed by atoms with Gasteiger partial charge in [-0.15, -0.1) is 0 Å². The minimum atomic E-state index is -4.40. The fourth-order valence-corrected chi connectivity index (χ4v) is 3.33. The minimum absolute atomic E-state index is 0.177. The van der Waals surface area contributed by atoms with Gasteiger partial charge in [0.05, 0.1) is 0 Å². The summed E-state index contributed by atoms with van der Waals surface area (Å²) in [6, 6.07) is 14.6. The van der Waals surface area contributed by atoms with Gasteiger partial charge in [0.1, 0.15) is 11.5 Å². The van der Waals surface area contributed by atoms with Crippen molar-refractivity contribution in [2.24, 2.45) is 0 Å². The van der Waals surface area contributed by atoms with Crippen LogP contribution >= 0.6 is 0 Å². The van der Waals surface area contributed by atoms with Crippen molar-refractivity contribution in [1.29, 1.82) is 0 Å². The highest BCUT2D eigenvalue weighted by atomic mass is 19.4. The third kappa shape index (κ3) is 5.46. The summed E-state index contributed by atoms with van der Waals surface area (Å²) in [5, 5.41) is 3.16. The molecular weight excluding hydrogens is 339 g/mol. The van der Waals surface area contributed by atoms with Crippen LogP contribution < -0.4 is 5.32 Å². The molecule has 140 valence electrons. The zero-order chi connectivity index (χ0) is 18.4. The number of anilines is 1. The van der Waals surface area contributed by atoms with Gasteiger partial charge in [-0.3, -0.25) is 0 Å². The fraction of sp³-hybridized carbons (Fsp3) is 0.450. The quantitative estimate of drug-likeness (QED) is 0.812. The number of pyridine rings is 1. The molecule has 2 aromatic rings. The maximum Gasteiger partial charge on any atom is 0.433 e. The average Bonchev–Trinajstić information content (AvgIpc) is 2.64. The normalized spacial score (nSPS) is 16.6. The van der Waals surface area contributed by atoms with Crippen LogP contribution in [0.15, 0.2) is 48.5 Å². The summed E-state index contributed by atoms with van der Waals surface area (Å²) in [6.07, 6.45) is -0.364. The van der Waals surface area contributed by atoms with E-state index < -0.39 is 11.9 Å². The van der Waals surface area contributed by atoms with Gasteiger partial charge in [0.15, 0.2) is 0 Å². The van der Waals surface area contributed by atoms with Gasteiger partial charge >= 0.3 is 6.18 Å². The molecule has 1 aromatic carbocycles. The second kappa shape index (κ2) is 8.54. The number of hydrogen-bond acceptors (Lipinski definition) is 3. The third-order valence-electron chi connectivity index (χ3n) is 4.76. The van der Waals surface area contributed by atoms with Crippen molar-refractivity contribution < 1.29 is 13.2 Å². The number of benzene rings is 1. The van der Waals surface area contributed by atoms with Crippen molar-refractivity contribution in [3.63, 3.8) is 0 Å². The van der Waals surface area contributed by atoms with Gasteiger partial charge in [0, 0.05) is 19.1 Å². The molecule has 3 nitrogen and oxygen atoms in total. The Bertz CT molecular complexity index is 680. The van der Waals surface area contributed by atoms with E-state index in [2.05, 4.69) is 39.5 Å². The number of likely N-dealkylation sites (tertiary alicyclic amines) is 1. The van der Waals surface area contributed by atoms with Gasteiger partial charge < -0.3 is 10.2 Å². The summed E-state index contributed by atoms with van der Waals surface area (Å²) < 4.78 is 38.2. The van der Waals surface area contributed by atoms with Crippen LogP contribution in [0.5, 0.6) is 0 Å². The molecule has 0 radical (unpaired) electrons. The Hall–Kier alpha value is -2.08. The lowest BCUT2D eigenvalue weighted by atomic mass is 10.0. The number of hydrogen-bond donors (Lipinski definition) is 1. The minimum Gasteiger partial charge on any atom is -0.367 e. The van der Waals surface area contributed by atoms with Gasteiger partial charge in [0.2, 0.25) is 0 Å². The first kappa shape index (κ1) is 18.7. The number of aromatic nitrogens is 1. The van der Waals surface area contributed by atoms with Gasteiger partial charge in [-0.05, 0) is 49.9 Å². The monoisotopic (exact) mass is 363 g/mol. The molecule has 3 rings (SSSR count). The van der Waals surface area contributed by atoms with E-state index in [1.54, 1.807) is 6.07 Å². The molecule has 1 N–H and O–H groups in total. The first-order chi connectivity index (χ1) is 12.5. The molecule has 1 aliphatic heterocycles. The molecule has 0 unspecified atom stereocenters. The fourth-order valence-electron chi connectivity index (χ4n) is 3.33. The van der Waals surface area contributed by atoms with E-state index in [1.165, 1.54) is 11.6 Å². The van der Waals surface area contributed by atoms with Gasteiger partial charge in [-0.25, -0.2) is 4.98 Å². The van der Waals surface area contributed by atoms with Crippen LogP contribution in [0, 0.1) is 0 Å². The van der Waals surface area contributed by atoms with Crippen molar-refractivity contribution in [3.8, 4) is 0 Å². The number of nitrogens with one attached hydrogen (secondary N) is 1. The predicted molar refractivity (Wildman–Crippen MR) is 97.1 cm³/mol. The maximum atomic E-state index is 12.7. The maximum absolute atomic E-state index is 12.7. The molecule has 0 atom stereocenters. The highest BCUT2D eigenvalue weighted by molar-refractivity contribution is 5.37. The molecule has 0 aliphatic carbocycles. The lowest BCUT2D eigenvalue weighted by Gasteiger charge is -2.32. The predicted octanol–water partition coefficient (Wildman–Crippen LogP) is 4.61. The van der Waals surface area contributed by atoms with Crippen molar-refractivity contribution in [3.05, 3.63) is 59.8 Å². The van der Waals surface area contributed by atoms with Crippen LogP contribution in [0.1, 0.15) is 30.5 Å². The number of alkyl halides is 3. The Morgan fingerprint density at radius 2 is 1.73 bits per heavy atom.